The molecule has 0 bridgehead atoms. The first-order chi connectivity index (χ1) is 13.0. The van der Waals surface area contributed by atoms with Crippen molar-refractivity contribution in [2.45, 2.75) is 6.92 Å². The van der Waals surface area contributed by atoms with Gasteiger partial charge in [0.05, 0.1) is 0 Å². The largest absolute Gasteiger partial charge is 0.424 e. The number of rotatable bonds is 5. The average Bonchev–Trinajstić information content (AvgIpc) is 2.65. The fourth-order valence-electron chi connectivity index (χ4n) is 2.27. The van der Waals surface area contributed by atoms with E-state index in [4.69, 9.17) is 4.74 Å². The van der Waals surface area contributed by atoms with Crippen molar-refractivity contribution in [2.24, 2.45) is 0 Å². The zero-order chi connectivity index (χ0) is 19.2. The molecule has 0 aliphatic rings. The Balaban J connectivity index is 1.67. The normalized spacial score (nSPS) is 10.8. The number of nitrogens with one attached hydrogen (secondary N) is 1. The van der Waals surface area contributed by atoms with E-state index in [-0.39, 0.29) is 11.9 Å². The first-order valence-corrected chi connectivity index (χ1v) is 8.80. The lowest BCUT2D eigenvalue weighted by atomic mass is 10.1. The van der Waals surface area contributed by atoms with Crippen LogP contribution in [0.3, 0.4) is 0 Å². The van der Waals surface area contributed by atoms with E-state index >= 15 is 0 Å². The molecule has 0 spiro atoms. The van der Waals surface area contributed by atoms with E-state index in [0.717, 1.165) is 10.0 Å². The standard InChI is InChI=1S/C20H15BrFN3O2/c1-13-11-16(27-20-23-9-2-10-24-20)5-7-18(13)25-19(26)8-3-14-12-15(21)4-6-17(14)22/h2-12H,1H3,(H,25,26). The maximum Gasteiger partial charge on any atom is 0.321 e. The Morgan fingerprint density at radius 3 is 2.70 bits per heavy atom. The fraction of sp³-hybridized carbons (Fsp3) is 0.0500. The first-order valence-electron chi connectivity index (χ1n) is 8.01. The smallest absolute Gasteiger partial charge is 0.321 e. The number of anilines is 1. The van der Waals surface area contributed by atoms with Crippen molar-refractivity contribution in [3.8, 4) is 11.8 Å². The second-order valence-corrected chi connectivity index (χ2v) is 6.51. The van der Waals surface area contributed by atoms with E-state index < -0.39 is 5.82 Å². The van der Waals surface area contributed by atoms with Crippen molar-refractivity contribution in [1.29, 1.82) is 0 Å². The van der Waals surface area contributed by atoms with Crippen molar-refractivity contribution < 1.29 is 13.9 Å². The van der Waals surface area contributed by atoms with Gasteiger partial charge >= 0.3 is 6.01 Å². The van der Waals surface area contributed by atoms with E-state index in [2.05, 4.69) is 31.2 Å². The number of hydrogen-bond donors (Lipinski definition) is 1. The molecule has 0 aliphatic heterocycles. The lowest BCUT2D eigenvalue weighted by molar-refractivity contribution is -0.111. The molecule has 0 atom stereocenters. The van der Waals surface area contributed by atoms with Gasteiger partial charge in [0.1, 0.15) is 11.6 Å². The van der Waals surface area contributed by atoms with Crippen molar-refractivity contribution in [3.63, 3.8) is 0 Å². The molecular formula is C20H15BrFN3O2. The third-order valence-corrected chi connectivity index (χ3v) is 4.07. The number of aromatic nitrogens is 2. The Hall–Kier alpha value is -3.06. The van der Waals surface area contributed by atoms with Gasteiger partial charge in [-0.2, -0.15) is 0 Å². The van der Waals surface area contributed by atoms with Crippen LogP contribution in [-0.2, 0) is 4.79 Å². The van der Waals surface area contributed by atoms with Gasteiger partial charge in [0.25, 0.3) is 0 Å². The fourth-order valence-corrected chi connectivity index (χ4v) is 2.64. The highest BCUT2D eigenvalue weighted by atomic mass is 79.9. The van der Waals surface area contributed by atoms with Crippen LogP contribution in [0.15, 0.2) is 65.4 Å². The molecule has 0 fully saturated rings. The summed E-state index contributed by atoms with van der Waals surface area (Å²) in [5.74, 6) is -0.205. The SMILES string of the molecule is Cc1cc(Oc2ncccn2)ccc1NC(=O)C=Cc1cc(Br)ccc1F. The number of benzene rings is 2. The number of carbonyl (C=O) groups excluding carboxylic acids is 1. The van der Waals surface area contributed by atoms with Gasteiger partial charge in [-0.1, -0.05) is 15.9 Å². The van der Waals surface area contributed by atoms with Crippen LogP contribution in [-0.4, -0.2) is 15.9 Å². The monoisotopic (exact) mass is 427 g/mol. The predicted octanol–water partition coefficient (Wildman–Crippen LogP) is 5.13. The minimum absolute atomic E-state index is 0.243. The van der Waals surface area contributed by atoms with Gasteiger partial charge in [0.2, 0.25) is 5.91 Å². The lowest BCUT2D eigenvalue weighted by Crippen LogP contribution is -2.09. The minimum Gasteiger partial charge on any atom is -0.424 e. The molecule has 1 aromatic heterocycles. The van der Waals surface area contributed by atoms with Crippen LogP contribution in [0.1, 0.15) is 11.1 Å². The molecule has 3 aromatic rings. The second kappa shape index (κ2) is 8.55. The second-order valence-electron chi connectivity index (χ2n) is 5.60. The van der Waals surface area contributed by atoms with Crippen LogP contribution in [0.2, 0.25) is 0 Å². The van der Waals surface area contributed by atoms with E-state index in [1.165, 1.54) is 18.2 Å². The van der Waals surface area contributed by atoms with Gasteiger partial charge in [0.15, 0.2) is 0 Å². The Kier molecular flexibility index (Phi) is 5.93. The number of hydrogen-bond acceptors (Lipinski definition) is 4. The third-order valence-electron chi connectivity index (χ3n) is 3.58. The minimum atomic E-state index is -0.400. The molecule has 3 rings (SSSR count). The van der Waals surface area contributed by atoms with E-state index in [1.54, 1.807) is 48.8 Å². The zero-order valence-electron chi connectivity index (χ0n) is 14.3. The van der Waals surface area contributed by atoms with Crippen molar-refractivity contribution in [3.05, 3.63) is 82.4 Å². The molecule has 7 heteroatoms. The molecule has 0 aliphatic carbocycles. The number of amides is 1. The summed E-state index contributed by atoms with van der Waals surface area (Å²) in [7, 11) is 0. The van der Waals surface area contributed by atoms with Gasteiger partial charge in [-0.15, -0.1) is 0 Å². The van der Waals surface area contributed by atoms with Gasteiger partial charge in [0, 0.05) is 34.2 Å². The highest BCUT2D eigenvalue weighted by Gasteiger charge is 2.06. The Morgan fingerprint density at radius 1 is 1.19 bits per heavy atom. The summed E-state index contributed by atoms with van der Waals surface area (Å²) >= 11 is 3.28. The zero-order valence-corrected chi connectivity index (χ0v) is 15.9. The third kappa shape index (κ3) is 5.21. The van der Waals surface area contributed by atoms with Gasteiger partial charge in [-0.3, -0.25) is 4.79 Å². The summed E-state index contributed by atoms with van der Waals surface area (Å²) in [6.45, 7) is 1.84. The maximum absolute atomic E-state index is 13.7. The number of nitrogens with zero attached hydrogens (tertiary/aromatic N) is 2. The highest BCUT2D eigenvalue weighted by Crippen LogP contribution is 2.24. The molecule has 0 saturated heterocycles. The molecule has 0 radical (unpaired) electrons. The quantitative estimate of drug-likeness (QED) is 0.573. The van der Waals surface area contributed by atoms with E-state index in [1.807, 2.05) is 6.92 Å². The van der Waals surface area contributed by atoms with Crippen LogP contribution in [0, 0.1) is 12.7 Å². The number of halogens is 2. The topological polar surface area (TPSA) is 64.1 Å². The van der Waals surface area contributed by atoms with Crippen molar-refractivity contribution in [2.75, 3.05) is 5.32 Å². The molecule has 1 N–H and O–H groups in total. The lowest BCUT2D eigenvalue weighted by Gasteiger charge is -2.09. The molecule has 1 amide bonds. The molecule has 0 unspecified atom stereocenters. The van der Waals surface area contributed by atoms with E-state index in [0.29, 0.717) is 17.0 Å². The summed E-state index contributed by atoms with van der Waals surface area (Å²) in [4.78, 5) is 20.1. The van der Waals surface area contributed by atoms with Crippen LogP contribution in [0.5, 0.6) is 11.8 Å². The molecule has 27 heavy (non-hydrogen) atoms. The summed E-state index contributed by atoms with van der Waals surface area (Å²) in [5, 5.41) is 2.76. The molecule has 136 valence electrons. The molecule has 0 saturated carbocycles. The Labute approximate surface area is 164 Å². The van der Waals surface area contributed by atoms with Crippen LogP contribution < -0.4 is 10.1 Å². The summed E-state index contributed by atoms with van der Waals surface area (Å²) in [5.41, 5.74) is 1.75. The van der Waals surface area contributed by atoms with Crippen molar-refractivity contribution >= 4 is 33.6 Å². The Morgan fingerprint density at radius 2 is 1.96 bits per heavy atom. The van der Waals surface area contributed by atoms with Crippen LogP contribution in [0.25, 0.3) is 6.08 Å². The number of ether oxygens (including phenoxy) is 1. The average molecular weight is 428 g/mol. The molecular weight excluding hydrogens is 413 g/mol. The van der Waals surface area contributed by atoms with Gasteiger partial charge in [-0.25, -0.2) is 14.4 Å². The summed E-state index contributed by atoms with van der Waals surface area (Å²) < 4.78 is 20.0. The van der Waals surface area contributed by atoms with Crippen LogP contribution >= 0.6 is 15.9 Å². The molecule has 2 aromatic carbocycles. The van der Waals surface area contributed by atoms with Gasteiger partial charge < -0.3 is 10.1 Å². The molecule has 1 heterocycles. The molecule has 5 nitrogen and oxygen atoms in total. The number of aryl methyl sites for hydroxylation is 1. The first kappa shape index (κ1) is 18.7. The number of carbonyl (C=O) groups is 1. The predicted molar refractivity (Wildman–Crippen MR) is 105 cm³/mol. The Bertz CT molecular complexity index is 994. The summed E-state index contributed by atoms with van der Waals surface area (Å²) in [6.07, 6.45) is 5.88. The van der Waals surface area contributed by atoms with Gasteiger partial charge in [-0.05, 0) is 61.0 Å². The van der Waals surface area contributed by atoms with Crippen LogP contribution in [0.4, 0.5) is 10.1 Å². The highest BCUT2D eigenvalue weighted by molar-refractivity contribution is 9.10. The van der Waals surface area contributed by atoms with E-state index in [9.17, 15) is 9.18 Å². The summed E-state index contributed by atoms with van der Waals surface area (Å²) in [6, 6.07) is 11.7. The maximum atomic E-state index is 13.7. The van der Waals surface area contributed by atoms with Crippen molar-refractivity contribution in [1.82, 2.24) is 9.97 Å².